The van der Waals surface area contributed by atoms with Crippen molar-refractivity contribution >= 4 is 23.8 Å². The molecule has 0 aliphatic heterocycles. The lowest BCUT2D eigenvalue weighted by atomic mass is 9.93. The molecule has 0 radical (unpaired) electrons. The minimum atomic E-state index is -1.16. The van der Waals surface area contributed by atoms with Crippen LogP contribution in [0.3, 0.4) is 0 Å². The number of nitrogens with one attached hydrogen (secondary N) is 2. The molecule has 0 aromatic carbocycles. The number of amides is 2. The quantitative estimate of drug-likeness (QED) is 0.700. The lowest BCUT2D eigenvalue weighted by molar-refractivity contribution is -0.144. The van der Waals surface area contributed by atoms with E-state index in [9.17, 15) is 14.7 Å². The number of carbonyl (C=O) groups is 2. The highest BCUT2D eigenvalue weighted by molar-refractivity contribution is 7.99. The molecule has 2 atom stereocenters. The highest BCUT2D eigenvalue weighted by Crippen LogP contribution is 2.28. The van der Waals surface area contributed by atoms with E-state index in [1.165, 1.54) is 0 Å². The molecule has 2 amide bonds. The Hall–Kier alpha value is -0.910. The van der Waals surface area contributed by atoms with Crippen molar-refractivity contribution in [2.45, 2.75) is 62.8 Å². The molecule has 1 aliphatic carbocycles. The Balaban J connectivity index is 2.60. The van der Waals surface area contributed by atoms with Gasteiger partial charge in [0.1, 0.15) is 5.54 Å². The summed E-state index contributed by atoms with van der Waals surface area (Å²) < 4.78 is 0. The molecule has 6 heteroatoms. The zero-order valence-corrected chi connectivity index (χ0v) is 12.7. The Labute approximate surface area is 118 Å². The van der Waals surface area contributed by atoms with Crippen molar-refractivity contribution < 1.29 is 14.7 Å². The van der Waals surface area contributed by atoms with Crippen LogP contribution in [-0.2, 0) is 4.79 Å². The third-order valence-corrected chi connectivity index (χ3v) is 5.21. The molecule has 1 aliphatic rings. The smallest absolute Gasteiger partial charge is 0.329 e. The van der Waals surface area contributed by atoms with Crippen LogP contribution in [0.2, 0.25) is 0 Å². The molecule has 110 valence electrons. The number of aliphatic carboxylic acids is 1. The maximum absolute atomic E-state index is 12.0. The van der Waals surface area contributed by atoms with E-state index in [1.54, 1.807) is 25.6 Å². The van der Waals surface area contributed by atoms with E-state index in [4.69, 9.17) is 0 Å². The Morgan fingerprint density at radius 1 is 1.32 bits per heavy atom. The van der Waals surface area contributed by atoms with Crippen molar-refractivity contribution in [2.75, 3.05) is 6.26 Å². The molecule has 0 heterocycles. The van der Waals surface area contributed by atoms with Crippen LogP contribution in [0.5, 0.6) is 0 Å². The van der Waals surface area contributed by atoms with Gasteiger partial charge < -0.3 is 15.7 Å². The van der Waals surface area contributed by atoms with Crippen molar-refractivity contribution in [3.63, 3.8) is 0 Å². The fourth-order valence-electron chi connectivity index (χ4n) is 2.58. The zero-order chi connectivity index (χ0) is 14.5. The number of carboxylic acids is 1. The average Bonchev–Trinajstić information content (AvgIpc) is 2.82. The maximum atomic E-state index is 12.0. The van der Waals surface area contributed by atoms with Crippen LogP contribution in [-0.4, -0.2) is 40.2 Å². The molecule has 0 aromatic heterocycles. The predicted octanol–water partition coefficient (Wildman–Crippen LogP) is 2.21. The van der Waals surface area contributed by atoms with Gasteiger partial charge in [-0.1, -0.05) is 20.3 Å². The zero-order valence-electron chi connectivity index (χ0n) is 11.9. The van der Waals surface area contributed by atoms with E-state index in [2.05, 4.69) is 10.6 Å². The van der Waals surface area contributed by atoms with Crippen LogP contribution in [0.4, 0.5) is 4.79 Å². The topological polar surface area (TPSA) is 78.4 Å². The van der Waals surface area contributed by atoms with Gasteiger partial charge in [0.05, 0.1) is 0 Å². The molecule has 19 heavy (non-hydrogen) atoms. The van der Waals surface area contributed by atoms with Crippen molar-refractivity contribution in [2.24, 2.45) is 0 Å². The minimum Gasteiger partial charge on any atom is -0.480 e. The molecular formula is C13H24N2O3S. The van der Waals surface area contributed by atoms with Crippen LogP contribution >= 0.6 is 11.8 Å². The van der Waals surface area contributed by atoms with E-state index < -0.39 is 11.5 Å². The number of rotatable bonds is 6. The SMILES string of the molecule is CCC(CC)(NC(=O)NC1CCCC1SC)C(=O)O. The number of urea groups is 1. The summed E-state index contributed by atoms with van der Waals surface area (Å²) in [4.78, 5) is 23.3. The monoisotopic (exact) mass is 288 g/mol. The van der Waals surface area contributed by atoms with Gasteiger partial charge in [-0.2, -0.15) is 11.8 Å². The Morgan fingerprint density at radius 3 is 2.42 bits per heavy atom. The summed E-state index contributed by atoms with van der Waals surface area (Å²) in [5.74, 6) is -0.972. The van der Waals surface area contributed by atoms with Gasteiger partial charge in [0, 0.05) is 11.3 Å². The normalized spacial score (nSPS) is 23.1. The lowest BCUT2D eigenvalue weighted by Gasteiger charge is -2.29. The van der Waals surface area contributed by atoms with E-state index in [0.29, 0.717) is 18.1 Å². The standard InChI is InChI=1S/C13H24N2O3S/c1-4-13(5-2,11(16)17)15-12(18)14-9-7-6-8-10(9)19-3/h9-10H,4-8H2,1-3H3,(H,16,17)(H2,14,15,18). The second-order valence-corrected chi connectivity index (χ2v) is 6.08. The molecule has 0 saturated heterocycles. The third kappa shape index (κ3) is 3.78. The summed E-state index contributed by atoms with van der Waals surface area (Å²) in [6.45, 7) is 3.55. The second-order valence-electron chi connectivity index (χ2n) is 5.00. The first-order valence-electron chi connectivity index (χ1n) is 6.84. The van der Waals surface area contributed by atoms with E-state index in [-0.39, 0.29) is 12.1 Å². The number of thioether (sulfide) groups is 1. The van der Waals surface area contributed by atoms with Gasteiger partial charge in [0.15, 0.2) is 0 Å². The number of carboxylic acid groups (broad SMARTS) is 1. The minimum absolute atomic E-state index is 0.148. The molecule has 1 fully saturated rings. The van der Waals surface area contributed by atoms with E-state index in [0.717, 1.165) is 19.3 Å². The highest BCUT2D eigenvalue weighted by Gasteiger charge is 2.37. The molecule has 1 rings (SSSR count). The molecule has 0 spiro atoms. The fraction of sp³-hybridized carbons (Fsp3) is 0.846. The molecular weight excluding hydrogens is 264 g/mol. The van der Waals surface area contributed by atoms with Crippen molar-refractivity contribution in [1.82, 2.24) is 10.6 Å². The van der Waals surface area contributed by atoms with Gasteiger partial charge in [0.2, 0.25) is 0 Å². The van der Waals surface area contributed by atoms with Crippen molar-refractivity contribution in [3.8, 4) is 0 Å². The fourth-order valence-corrected chi connectivity index (χ4v) is 3.51. The van der Waals surface area contributed by atoms with E-state index >= 15 is 0 Å². The highest BCUT2D eigenvalue weighted by atomic mass is 32.2. The van der Waals surface area contributed by atoms with Crippen LogP contribution in [0.15, 0.2) is 0 Å². The molecule has 1 saturated carbocycles. The largest absolute Gasteiger partial charge is 0.480 e. The summed E-state index contributed by atoms with van der Waals surface area (Å²) in [6.07, 6.45) is 5.99. The van der Waals surface area contributed by atoms with Crippen LogP contribution in [0.1, 0.15) is 46.0 Å². The summed E-state index contributed by atoms with van der Waals surface area (Å²) >= 11 is 1.76. The Kier molecular flexibility index (Phi) is 5.97. The summed E-state index contributed by atoms with van der Waals surface area (Å²) in [7, 11) is 0. The van der Waals surface area contributed by atoms with Gasteiger partial charge in [0.25, 0.3) is 0 Å². The van der Waals surface area contributed by atoms with Crippen LogP contribution in [0.25, 0.3) is 0 Å². The first kappa shape index (κ1) is 16.1. The van der Waals surface area contributed by atoms with Crippen molar-refractivity contribution in [1.29, 1.82) is 0 Å². The molecule has 0 bridgehead atoms. The second kappa shape index (κ2) is 7.03. The maximum Gasteiger partial charge on any atom is 0.329 e. The lowest BCUT2D eigenvalue weighted by Crippen LogP contribution is -2.58. The molecule has 5 nitrogen and oxygen atoms in total. The number of carbonyl (C=O) groups excluding carboxylic acids is 1. The van der Waals surface area contributed by atoms with Crippen LogP contribution in [0, 0.1) is 0 Å². The summed E-state index contributed by atoms with van der Waals surface area (Å²) in [5, 5.41) is 15.3. The van der Waals surface area contributed by atoms with Gasteiger partial charge in [-0.05, 0) is 31.9 Å². The number of hydrogen-bond acceptors (Lipinski definition) is 3. The van der Waals surface area contributed by atoms with Gasteiger partial charge >= 0.3 is 12.0 Å². The molecule has 2 unspecified atom stereocenters. The van der Waals surface area contributed by atoms with Gasteiger partial charge in [-0.15, -0.1) is 0 Å². The predicted molar refractivity (Wildman–Crippen MR) is 77.6 cm³/mol. The molecule has 3 N–H and O–H groups in total. The Morgan fingerprint density at radius 2 is 1.95 bits per heavy atom. The van der Waals surface area contributed by atoms with E-state index in [1.807, 2.05) is 6.26 Å². The van der Waals surface area contributed by atoms with Crippen LogP contribution < -0.4 is 10.6 Å². The van der Waals surface area contributed by atoms with Gasteiger partial charge in [-0.3, -0.25) is 0 Å². The first-order valence-corrected chi connectivity index (χ1v) is 8.12. The third-order valence-electron chi connectivity index (χ3n) is 4.04. The van der Waals surface area contributed by atoms with Gasteiger partial charge in [-0.25, -0.2) is 9.59 Å². The summed E-state index contributed by atoms with van der Waals surface area (Å²) in [5.41, 5.74) is -1.16. The Bertz CT molecular complexity index is 332. The van der Waals surface area contributed by atoms with Crippen molar-refractivity contribution in [3.05, 3.63) is 0 Å². The average molecular weight is 288 g/mol. The summed E-state index contributed by atoms with van der Waals surface area (Å²) in [6, 6.07) is -0.216. The molecule has 0 aromatic rings. The first-order chi connectivity index (χ1) is 8.99. The number of hydrogen-bond donors (Lipinski definition) is 3.